The minimum atomic E-state index is -0.974. The fourth-order valence-corrected chi connectivity index (χ4v) is 5.86. The van der Waals surface area contributed by atoms with Crippen molar-refractivity contribution < 1.29 is 24.2 Å². The molecular formula is C31H40N4O5. The lowest BCUT2D eigenvalue weighted by molar-refractivity contribution is -0.133. The van der Waals surface area contributed by atoms with Crippen LogP contribution in [-0.4, -0.2) is 50.6 Å². The predicted octanol–water partition coefficient (Wildman–Crippen LogP) is 4.25. The monoisotopic (exact) mass is 548 g/mol. The van der Waals surface area contributed by atoms with Crippen molar-refractivity contribution in [2.75, 3.05) is 0 Å². The van der Waals surface area contributed by atoms with Gasteiger partial charge in [-0.3, -0.25) is 14.5 Å². The van der Waals surface area contributed by atoms with Gasteiger partial charge in [-0.05, 0) is 64.8 Å². The molecule has 0 aliphatic carbocycles. The zero-order chi connectivity index (χ0) is 29.2. The number of aliphatic imine (C=N–C) groups is 1. The number of carbonyl (C=O) groups is 2. The van der Waals surface area contributed by atoms with Gasteiger partial charge in [-0.2, -0.15) is 0 Å². The molecule has 4 atom stereocenters. The summed E-state index contributed by atoms with van der Waals surface area (Å²) in [6, 6.07) is 11.5. The summed E-state index contributed by atoms with van der Waals surface area (Å²) in [5.41, 5.74) is 6.21. The second-order valence-electron chi connectivity index (χ2n) is 12.9. The number of aliphatic hydroxyl groups is 1. The van der Waals surface area contributed by atoms with Crippen molar-refractivity contribution in [3.05, 3.63) is 59.2 Å². The summed E-state index contributed by atoms with van der Waals surface area (Å²) >= 11 is 0. The number of nitrogens with two attached hydrogens (primary N) is 1. The Morgan fingerprint density at radius 2 is 1.75 bits per heavy atom. The van der Waals surface area contributed by atoms with Gasteiger partial charge in [0.05, 0.1) is 24.0 Å². The molecule has 2 amide bonds. The first-order valence-corrected chi connectivity index (χ1v) is 13.9. The molecule has 4 N–H and O–H groups in total. The number of ether oxygens (including phenoxy) is 2. The number of amides is 2. The van der Waals surface area contributed by atoms with E-state index in [1.165, 1.54) is 0 Å². The Morgan fingerprint density at radius 1 is 1.07 bits per heavy atom. The Bertz CT molecular complexity index is 1380. The Labute approximate surface area is 235 Å². The molecule has 0 spiro atoms. The van der Waals surface area contributed by atoms with Crippen LogP contribution < -0.4 is 20.5 Å². The van der Waals surface area contributed by atoms with Crippen molar-refractivity contribution in [1.82, 2.24) is 10.2 Å². The van der Waals surface area contributed by atoms with E-state index in [1.807, 2.05) is 58.9 Å². The Hall–Kier alpha value is -3.59. The molecule has 9 nitrogen and oxygen atoms in total. The van der Waals surface area contributed by atoms with E-state index in [1.54, 1.807) is 36.9 Å². The zero-order valence-electron chi connectivity index (χ0n) is 24.3. The van der Waals surface area contributed by atoms with Crippen molar-refractivity contribution in [2.24, 2.45) is 16.6 Å². The van der Waals surface area contributed by atoms with Gasteiger partial charge in [-0.1, -0.05) is 32.0 Å². The summed E-state index contributed by atoms with van der Waals surface area (Å²) in [5.74, 6) is 1.07. The van der Waals surface area contributed by atoms with Crippen molar-refractivity contribution in [3.8, 4) is 11.5 Å². The lowest BCUT2D eigenvalue weighted by Gasteiger charge is -2.45. The van der Waals surface area contributed by atoms with Gasteiger partial charge in [0.15, 0.2) is 5.96 Å². The van der Waals surface area contributed by atoms with Crippen LogP contribution in [0, 0.1) is 5.92 Å². The van der Waals surface area contributed by atoms with E-state index in [0.717, 1.165) is 0 Å². The second kappa shape index (κ2) is 9.51. The third-order valence-electron chi connectivity index (χ3n) is 8.59. The highest BCUT2D eigenvalue weighted by Gasteiger charge is 2.46. The quantitative estimate of drug-likeness (QED) is 0.524. The molecule has 214 valence electrons. The number of para-hydroxylation sites is 1. The molecule has 0 aromatic heterocycles. The largest absolute Gasteiger partial charge is 0.487 e. The summed E-state index contributed by atoms with van der Waals surface area (Å²) in [6.07, 6.45) is -0.251. The van der Waals surface area contributed by atoms with Gasteiger partial charge >= 0.3 is 0 Å². The number of carbonyl (C=O) groups excluding carboxylic acids is 2. The average Bonchev–Trinajstić information content (AvgIpc) is 2.85. The number of guanidine groups is 1. The molecule has 0 radical (unpaired) electrons. The van der Waals surface area contributed by atoms with Gasteiger partial charge in [0.25, 0.3) is 5.91 Å². The highest BCUT2D eigenvalue weighted by molar-refractivity contribution is 6.00. The molecule has 5 rings (SSSR count). The van der Waals surface area contributed by atoms with Gasteiger partial charge < -0.3 is 25.6 Å². The Morgan fingerprint density at radius 3 is 2.42 bits per heavy atom. The molecular weight excluding hydrogens is 508 g/mol. The van der Waals surface area contributed by atoms with Crippen LogP contribution in [0.5, 0.6) is 11.5 Å². The first-order chi connectivity index (χ1) is 18.6. The number of hydrogen-bond donors (Lipinski definition) is 3. The number of aliphatic hydroxyl groups excluding tert-OH is 1. The van der Waals surface area contributed by atoms with Crippen LogP contribution in [0.4, 0.5) is 0 Å². The van der Waals surface area contributed by atoms with Crippen LogP contribution in [0.25, 0.3) is 0 Å². The molecule has 40 heavy (non-hydrogen) atoms. The molecule has 0 saturated heterocycles. The van der Waals surface area contributed by atoms with E-state index in [9.17, 15) is 14.7 Å². The SMILES string of the molecule is CC(C)C1(C)CC(=O)N([C@@H]2CC(C)(C)Oc3ccc(C(=O)N[C@@H]4c5ccccc5OC(C)(C)[C@H]4O)cc32)C(N)=N1. The van der Waals surface area contributed by atoms with Crippen LogP contribution in [0.2, 0.25) is 0 Å². The first kappa shape index (κ1) is 28.0. The van der Waals surface area contributed by atoms with E-state index in [2.05, 4.69) is 5.32 Å². The van der Waals surface area contributed by atoms with Crippen LogP contribution in [-0.2, 0) is 4.79 Å². The van der Waals surface area contributed by atoms with Crippen LogP contribution in [0.15, 0.2) is 47.5 Å². The van der Waals surface area contributed by atoms with Gasteiger partial charge in [-0.15, -0.1) is 0 Å². The van der Waals surface area contributed by atoms with Gasteiger partial charge in [0, 0.05) is 23.1 Å². The topological polar surface area (TPSA) is 126 Å². The minimum Gasteiger partial charge on any atom is -0.487 e. The Kier molecular flexibility index (Phi) is 6.64. The summed E-state index contributed by atoms with van der Waals surface area (Å²) < 4.78 is 12.3. The molecule has 2 aromatic rings. The molecule has 2 aromatic carbocycles. The van der Waals surface area contributed by atoms with E-state index in [0.29, 0.717) is 34.6 Å². The predicted molar refractivity (Wildman–Crippen MR) is 152 cm³/mol. The fourth-order valence-electron chi connectivity index (χ4n) is 5.86. The van der Waals surface area contributed by atoms with Crippen LogP contribution >= 0.6 is 0 Å². The van der Waals surface area contributed by atoms with Gasteiger partial charge in [0.1, 0.15) is 28.8 Å². The van der Waals surface area contributed by atoms with Crippen molar-refractivity contribution >= 4 is 17.8 Å². The van der Waals surface area contributed by atoms with E-state index in [-0.39, 0.29) is 30.1 Å². The number of fused-ring (bicyclic) bond motifs is 2. The normalized spacial score (nSPS) is 28.5. The fraction of sp³-hybridized carbons (Fsp3) is 0.516. The highest BCUT2D eigenvalue weighted by atomic mass is 16.5. The van der Waals surface area contributed by atoms with E-state index in [4.69, 9.17) is 20.2 Å². The highest BCUT2D eigenvalue weighted by Crippen LogP contribution is 2.45. The summed E-state index contributed by atoms with van der Waals surface area (Å²) in [5, 5.41) is 14.1. The summed E-state index contributed by atoms with van der Waals surface area (Å²) in [6.45, 7) is 13.5. The molecule has 3 aliphatic rings. The van der Waals surface area contributed by atoms with Crippen LogP contribution in [0.1, 0.15) is 94.9 Å². The minimum absolute atomic E-state index is 0.101. The number of nitrogens with one attached hydrogen (secondary N) is 1. The maximum absolute atomic E-state index is 13.6. The number of benzene rings is 2. The van der Waals surface area contributed by atoms with E-state index < -0.39 is 34.9 Å². The maximum Gasteiger partial charge on any atom is 0.251 e. The summed E-state index contributed by atoms with van der Waals surface area (Å²) in [4.78, 5) is 33.5. The summed E-state index contributed by atoms with van der Waals surface area (Å²) in [7, 11) is 0. The molecule has 3 heterocycles. The smallest absolute Gasteiger partial charge is 0.251 e. The molecule has 0 fully saturated rings. The third kappa shape index (κ3) is 4.80. The van der Waals surface area contributed by atoms with E-state index >= 15 is 0 Å². The molecule has 9 heteroatoms. The molecule has 0 saturated carbocycles. The van der Waals surface area contributed by atoms with Gasteiger partial charge in [0.2, 0.25) is 5.91 Å². The molecule has 1 unspecified atom stereocenters. The first-order valence-electron chi connectivity index (χ1n) is 13.9. The zero-order valence-corrected chi connectivity index (χ0v) is 24.3. The average molecular weight is 549 g/mol. The maximum atomic E-state index is 13.6. The van der Waals surface area contributed by atoms with Crippen molar-refractivity contribution in [1.29, 1.82) is 0 Å². The van der Waals surface area contributed by atoms with Crippen molar-refractivity contribution in [3.63, 3.8) is 0 Å². The van der Waals surface area contributed by atoms with Crippen LogP contribution in [0.3, 0.4) is 0 Å². The van der Waals surface area contributed by atoms with Gasteiger partial charge in [-0.25, -0.2) is 4.99 Å². The Balaban J connectivity index is 1.50. The third-order valence-corrected chi connectivity index (χ3v) is 8.59. The standard InChI is InChI=1S/C31H40N4O5/c1-17(2)31(7)16-24(36)35(28(32)34-31)21-15-29(3,4)39-23-13-12-18(14-20(21)23)27(38)33-25-19-10-8-9-11-22(19)40-30(5,6)26(25)37/h8-14,17,21,25-26,37H,15-16H2,1-7H3,(H2,32,34)(H,33,38)/t21-,25-,26+,31?/m1/s1. The lowest BCUT2D eigenvalue weighted by Crippen LogP contribution is -2.55. The number of hydrogen-bond acceptors (Lipinski definition) is 7. The molecule has 0 bridgehead atoms. The second-order valence-corrected chi connectivity index (χ2v) is 12.9. The number of nitrogens with zero attached hydrogens (tertiary/aromatic N) is 2. The van der Waals surface area contributed by atoms with Crippen molar-refractivity contribution in [2.45, 2.75) is 96.2 Å². The molecule has 3 aliphatic heterocycles. The lowest BCUT2D eigenvalue weighted by atomic mass is 9.82. The number of rotatable bonds is 4.